The second-order valence-corrected chi connectivity index (χ2v) is 4.72. The minimum Gasteiger partial charge on any atom is -0.481 e. The molecule has 1 aromatic carbocycles. The third-order valence-corrected chi connectivity index (χ3v) is 2.74. The lowest BCUT2D eigenvalue weighted by atomic mass is 10.3. The van der Waals surface area contributed by atoms with Crippen molar-refractivity contribution < 1.29 is 14.6 Å². The maximum absolute atomic E-state index is 11.8. The number of likely N-dealkylation sites (N-methyl/N-ethyl adjacent to an activating group) is 1. The number of carbonyl (C=O) groups excluding carboxylic acids is 1. The van der Waals surface area contributed by atoms with Gasteiger partial charge in [0.15, 0.2) is 6.10 Å². The highest BCUT2D eigenvalue weighted by Gasteiger charge is 2.19. The molecule has 1 unspecified atom stereocenters. The highest BCUT2D eigenvalue weighted by Crippen LogP contribution is 2.25. The number of amides is 1. The van der Waals surface area contributed by atoms with Crippen molar-refractivity contribution in [2.75, 3.05) is 20.2 Å². The lowest BCUT2D eigenvalue weighted by Gasteiger charge is -2.21. The Morgan fingerprint density at radius 1 is 1.39 bits per heavy atom. The molecule has 4 nitrogen and oxygen atoms in total. The summed E-state index contributed by atoms with van der Waals surface area (Å²) < 4.78 is 5.46. The number of aliphatic hydroxyl groups excluding tert-OH is 1. The monoisotopic (exact) mass is 291 g/mol. The molecule has 0 heterocycles. The van der Waals surface area contributed by atoms with Crippen LogP contribution in [0.2, 0.25) is 10.0 Å². The highest BCUT2D eigenvalue weighted by molar-refractivity contribution is 6.34. The van der Waals surface area contributed by atoms with Crippen LogP contribution in [0.4, 0.5) is 0 Å². The van der Waals surface area contributed by atoms with Gasteiger partial charge < -0.3 is 14.7 Å². The van der Waals surface area contributed by atoms with Crippen LogP contribution in [0.3, 0.4) is 0 Å². The Labute approximate surface area is 116 Å². The van der Waals surface area contributed by atoms with E-state index >= 15 is 0 Å². The minimum absolute atomic E-state index is 0.0854. The van der Waals surface area contributed by atoms with Crippen LogP contribution in [0.15, 0.2) is 18.2 Å². The van der Waals surface area contributed by atoms with Crippen molar-refractivity contribution in [2.45, 2.75) is 13.0 Å². The molecule has 0 aliphatic heterocycles. The molecule has 100 valence electrons. The first-order valence-corrected chi connectivity index (χ1v) is 6.18. The Morgan fingerprint density at radius 3 is 2.44 bits per heavy atom. The molecule has 1 atom stereocenters. The van der Waals surface area contributed by atoms with E-state index in [4.69, 9.17) is 33.0 Å². The van der Waals surface area contributed by atoms with E-state index in [0.29, 0.717) is 15.8 Å². The molecule has 0 aromatic heterocycles. The molecule has 0 saturated carbocycles. The Kier molecular flexibility index (Phi) is 5.72. The van der Waals surface area contributed by atoms with E-state index in [0.717, 1.165) is 0 Å². The van der Waals surface area contributed by atoms with Crippen molar-refractivity contribution in [1.82, 2.24) is 4.90 Å². The molecule has 0 aliphatic carbocycles. The van der Waals surface area contributed by atoms with Crippen molar-refractivity contribution in [3.63, 3.8) is 0 Å². The molecule has 0 aliphatic rings. The number of nitrogens with zero attached hydrogens (tertiary/aromatic N) is 1. The average Bonchev–Trinajstić information content (AvgIpc) is 2.26. The van der Waals surface area contributed by atoms with Crippen LogP contribution in [-0.2, 0) is 4.79 Å². The molecule has 18 heavy (non-hydrogen) atoms. The molecule has 0 saturated heterocycles. The van der Waals surface area contributed by atoms with Gasteiger partial charge in [-0.25, -0.2) is 0 Å². The van der Waals surface area contributed by atoms with Crippen molar-refractivity contribution in [2.24, 2.45) is 0 Å². The van der Waals surface area contributed by atoms with Gasteiger partial charge in [-0.3, -0.25) is 4.79 Å². The predicted molar refractivity (Wildman–Crippen MR) is 71.3 cm³/mol. The number of hydrogen-bond acceptors (Lipinski definition) is 3. The highest BCUT2D eigenvalue weighted by atomic mass is 35.5. The van der Waals surface area contributed by atoms with Crippen LogP contribution < -0.4 is 4.74 Å². The molecule has 1 N–H and O–H groups in total. The number of halogens is 2. The summed E-state index contributed by atoms with van der Waals surface area (Å²) in [5.41, 5.74) is 0. The number of benzene rings is 1. The molecule has 1 amide bonds. The van der Waals surface area contributed by atoms with E-state index in [1.165, 1.54) is 4.90 Å². The number of hydrogen-bond donors (Lipinski definition) is 1. The molecule has 0 fully saturated rings. The Bertz CT molecular complexity index is 406. The lowest BCUT2D eigenvalue weighted by molar-refractivity contribution is -0.137. The van der Waals surface area contributed by atoms with Crippen LogP contribution in [-0.4, -0.2) is 42.2 Å². The first kappa shape index (κ1) is 15.1. The molecule has 0 radical (unpaired) electrons. The van der Waals surface area contributed by atoms with Crippen molar-refractivity contribution in [3.05, 3.63) is 28.2 Å². The van der Waals surface area contributed by atoms with Crippen LogP contribution in [0.25, 0.3) is 0 Å². The summed E-state index contributed by atoms with van der Waals surface area (Å²) in [7, 11) is 1.60. The Hall–Kier alpha value is -0.970. The average molecular weight is 292 g/mol. The van der Waals surface area contributed by atoms with Gasteiger partial charge in [-0.05, 0) is 25.1 Å². The first-order valence-electron chi connectivity index (χ1n) is 5.42. The fourth-order valence-corrected chi connectivity index (χ4v) is 1.93. The molecular formula is C12H15Cl2NO3. The van der Waals surface area contributed by atoms with Gasteiger partial charge in [0.1, 0.15) is 5.75 Å². The second-order valence-electron chi connectivity index (χ2n) is 3.85. The molecule has 6 heteroatoms. The second kappa shape index (κ2) is 6.83. The van der Waals surface area contributed by atoms with Crippen LogP contribution >= 0.6 is 23.2 Å². The predicted octanol–water partition coefficient (Wildman–Crippen LogP) is 2.21. The standard InChI is InChI=1S/C12H15Cl2NO3/c1-8(12(17)15(2)3-4-16)18-11-6-9(13)5-10(14)7-11/h5-8,16H,3-4H2,1-2H3. The summed E-state index contributed by atoms with van der Waals surface area (Å²) in [6.07, 6.45) is -0.670. The van der Waals surface area contributed by atoms with E-state index in [-0.39, 0.29) is 19.1 Å². The van der Waals surface area contributed by atoms with Crippen molar-refractivity contribution >= 4 is 29.1 Å². The molecule has 1 aromatic rings. The third-order valence-electron chi connectivity index (χ3n) is 2.31. The molecular weight excluding hydrogens is 277 g/mol. The topological polar surface area (TPSA) is 49.8 Å². The fraction of sp³-hybridized carbons (Fsp3) is 0.417. The SMILES string of the molecule is CC(Oc1cc(Cl)cc(Cl)c1)C(=O)N(C)CCO. The van der Waals surface area contributed by atoms with Gasteiger partial charge in [0, 0.05) is 23.6 Å². The van der Waals surface area contributed by atoms with E-state index in [1.54, 1.807) is 32.2 Å². The summed E-state index contributed by atoms with van der Waals surface area (Å²) in [4.78, 5) is 13.2. The van der Waals surface area contributed by atoms with E-state index in [9.17, 15) is 4.79 Å². The zero-order valence-corrected chi connectivity index (χ0v) is 11.7. The van der Waals surface area contributed by atoms with Gasteiger partial charge in [-0.15, -0.1) is 0 Å². The van der Waals surface area contributed by atoms with Crippen LogP contribution in [0, 0.1) is 0 Å². The van der Waals surface area contributed by atoms with E-state index < -0.39 is 6.10 Å². The van der Waals surface area contributed by atoms with Crippen molar-refractivity contribution in [3.8, 4) is 5.75 Å². The Morgan fingerprint density at radius 2 is 1.94 bits per heavy atom. The van der Waals surface area contributed by atoms with Crippen molar-refractivity contribution in [1.29, 1.82) is 0 Å². The summed E-state index contributed by atoms with van der Waals surface area (Å²) >= 11 is 11.7. The largest absolute Gasteiger partial charge is 0.481 e. The zero-order chi connectivity index (χ0) is 13.7. The summed E-state index contributed by atoms with van der Waals surface area (Å²) in [5.74, 6) is 0.214. The number of ether oxygens (including phenoxy) is 1. The molecule has 1 rings (SSSR count). The van der Waals surface area contributed by atoms with Gasteiger partial charge in [0.2, 0.25) is 0 Å². The summed E-state index contributed by atoms with van der Waals surface area (Å²) in [6.45, 7) is 1.81. The molecule has 0 bridgehead atoms. The minimum atomic E-state index is -0.670. The third kappa shape index (κ3) is 4.37. The lowest BCUT2D eigenvalue weighted by Crippen LogP contribution is -2.39. The van der Waals surface area contributed by atoms with Crippen LogP contribution in [0.5, 0.6) is 5.75 Å². The fourth-order valence-electron chi connectivity index (χ4n) is 1.42. The van der Waals surface area contributed by atoms with Gasteiger partial charge in [0.25, 0.3) is 5.91 Å². The van der Waals surface area contributed by atoms with Gasteiger partial charge in [0.05, 0.1) is 6.61 Å². The van der Waals surface area contributed by atoms with Gasteiger partial charge >= 0.3 is 0 Å². The Balaban J connectivity index is 2.69. The quantitative estimate of drug-likeness (QED) is 0.905. The first-order chi connectivity index (χ1) is 8.43. The van der Waals surface area contributed by atoms with E-state index in [2.05, 4.69) is 0 Å². The van der Waals surface area contributed by atoms with Gasteiger partial charge in [-0.2, -0.15) is 0 Å². The van der Waals surface area contributed by atoms with E-state index in [1.807, 2.05) is 0 Å². The smallest absolute Gasteiger partial charge is 0.263 e. The summed E-state index contributed by atoms with van der Waals surface area (Å²) in [6, 6.07) is 4.76. The van der Waals surface area contributed by atoms with Crippen LogP contribution in [0.1, 0.15) is 6.92 Å². The maximum Gasteiger partial charge on any atom is 0.263 e. The van der Waals surface area contributed by atoms with Gasteiger partial charge in [-0.1, -0.05) is 23.2 Å². The number of rotatable bonds is 5. The number of aliphatic hydroxyl groups is 1. The number of carbonyl (C=O) groups is 1. The molecule has 0 spiro atoms. The zero-order valence-electron chi connectivity index (χ0n) is 10.2. The normalized spacial score (nSPS) is 12.1. The summed E-state index contributed by atoms with van der Waals surface area (Å²) in [5, 5.41) is 9.65. The maximum atomic E-state index is 11.8.